The van der Waals surface area contributed by atoms with Crippen LogP contribution in [-0.2, 0) is 0 Å². The van der Waals surface area contributed by atoms with Crippen molar-refractivity contribution in [2.45, 2.75) is 0 Å². The molecule has 0 unspecified atom stereocenters. The minimum Gasteiger partial charge on any atom is -0.0622 e. The fourth-order valence-corrected chi connectivity index (χ4v) is 4.62. The Bertz CT molecular complexity index is 960. The molecule has 0 nitrogen and oxygen atoms in total. The van der Waals surface area contributed by atoms with Crippen LogP contribution < -0.4 is 0 Å². The number of halogens is 2. The highest BCUT2D eigenvalue weighted by Crippen LogP contribution is 2.41. The lowest BCUT2D eigenvalue weighted by Crippen LogP contribution is -1.82. The molecule has 0 N–H and O–H groups in total. The maximum atomic E-state index is 3.53. The molecule has 0 aliphatic heterocycles. The molecule has 0 amide bonds. The van der Waals surface area contributed by atoms with E-state index in [2.05, 4.69) is 123 Å². The summed E-state index contributed by atoms with van der Waals surface area (Å²) in [6, 6.07) is 32.3. The van der Waals surface area contributed by atoms with Crippen molar-refractivity contribution >= 4 is 40.1 Å². The molecule has 4 rings (SSSR count). The highest BCUT2D eigenvalue weighted by molar-refractivity contribution is 9.10. The van der Waals surface area contributed by atoms with Crippen LogP contribution in [0, 0.1) is 0 Å². The third-order valence-corrected chi connectivity index (χ3v) is 6.53. The number of hydrogen-bond donors (Lipinski definition) is 0. The molecule has 1 aromatic heterocycles. The van der Waals surface area contributed by atoms with E-state index in [1.807, 2.05) is 0 Å². The van der Waals surface area contributed by atoms with Gasteiger partial charge in [-0.3, -0.25) is 0 Å². The molecular weight excluding hydrogens is 467 g/mol. The summed E-state index contributed by atoms with van der Waals surface area (Å²) in [7, 11) is 1.23. The fourth-order valence-electron chi connectivity index (χ4n) is 2.86. The number of benzene rings is 3. The molecule has 26 heavy (non-hydrogen) atoms. The van der Waals surface area contributed by atoms with E-state index >= 15 is 0 Å². The molecule has 0 aliphatic rings. The molecule has 0 saturated carbocycles. The van der Waals surface area contributed by atoms with Gasteiger partial charge in [0.1, 0.15) is 0 Å². The van der Waals surface area contributed by atoms with Gasteiger partial charge in [0.25, 0.3) is 0 Å². The first kappa shape index (κ1) is 17.7. The molecule has 1 heterocycles. The average Bonchev–Trinajstić information content (AvgIpc) is 2.69. The van der Waals surface area contributed by atoms with E-state index in [9.17, 15) is 0 Å². The molecule has 3 aromatic carbocycles. The van der Waals surface area contributed by atoms with Crippen LogP contribution >= 0.6 is 40.1 Å². The zero-order chi connectivity index (χ0) is 17.9. The topological polar surface area (TPSA) is 0 Å². The van der Waals surface area contributed by atoms with E-state index in [-0.39, 0.29) is 0 Å². The first-order valence-corrected chi connectivity index (χ1v) is 10.8. The van der Waals surface area contributed by atoms with Gasteiger partial charge in [0, 0.05) is 19.5 Å². The number of rotatable bonds is 3. The third-order valence-electron chi connectivity index (χ3n) is 4.21. The Morgan fingerprint density at radius 3 is 1.38 bits per heavy atom. The van der Waals surface area contributed by atoms with Crippen LogP contribution in [0.3, 0.4) is 0 Å². The van der Waals surface area contributed by atoms with Gasteiger partial charge in [-0.05, 0) is 58.7 Å². The predicted molar refractivity (Wildman–Crippen MR) is 121 cm³/mol. The highest BCUT2D eigenvalue weighted by atomic mass is 79.9. The van der Waals surface area contributed by atoms with E-state index in [0.717, 1.165) is 8.95 Å². The van der Waals surface area contributed by atoms with Crippen molar-refractivity contribution in [3.63, 3.8) is 0 Å². The molecule has 126 valence electrons. The van der Waals surface area contributed by atoms with Gasteiger partial charge in [0.05, 0.1) is 0 Å². The largest absolute Gasteiger partial charge is 0.0622 e. The van der Waals surface area contributed by atoms with E-state index in [0.29, 0.717) is 0 Å². The second-order valence-electron chi connectivity index (χ2n) is 6.01. The van der Waals surface area contributed by atoms with Crippen LogP contribution in [0.2, 0.25) is 0 Å². The van der Waals surface area contributed by atoms with Crippen LogP contribution in [0.4, 0.5) is 0 Å². The Labute approximate surface area is 172 Å². The minimum absolute atomic E-state index is 1.10. The van der Waals surface area contributed by atoms with Gasteiger partial charge in [-0.25, -0.2) is 0 Å². The molecular formula is C23H15Br2P. The van der Waals surface area contributed by atoms with Crippen molar-refractivity contribution < 1.29 is 0 Å². The summed E-state index contributed by atoms with van der Waals surface area (Å²) in [4.78, 5) is 0. The molecule has 0 atom stereocenters. The second-order valence-corrected chi connectivity index (χ2v) is 9.02. The van der Waals surface area contributed by atoms with E-state index in [1.54, 1.807) is 0 Å². The van der Waals surface area contributed by atoms with Crippen LogP contribution in [0.1, 0.15) is 0 Å². The van der Waals surface area contributed by atoms with Gasteiger partial charge in [0.15, 0.2) is 0 Å². The summed E-state index contributed by atoms with van der Waals surface area (Å²) in [5, 5.41) is 2.63. The van der Waals surface area contributed by atoms with Crippen LogP contribution in [-0.4, -0.2) is 0 Å². The van der Waals surface area contributed by atoms with E-state index in [4.69, 9.17) is 0 Å². The summed E-state index contributed by atoms with van der Waals surface area (Å²) in [6.45, 7) is 0. The molecule has 0 fully saturated rings. The zero-order valence-corrected chi connectivity index (χ0v) is 17.9. The average molecular weight is 482 g/mol. The maximum Gasteiger partial charge on any atom is 0.0175 e. The molecule has 0 aliphatic carbocycles. The van der Waals surface area contributed by atoms with Crippen molar-refractivity contribution in [1.29, 1.82) is 0 Å². The van der Waals surface area contributed by atoms with Crippen molar-refractivity contribution in [3.8, 4) is 32.8 Å². The van der Waals surface area contributed by atoms with Crippen molar-refractivity contribution in [3.05, 3.63) is 99.9 Å². The number of hydrogen-bond acceptors (Lipinski definition) is 0. The van der Waals surface area contributed by atoms with Crippen molar-refractivity contribution in [2.24, 2.45) is 0 Å². The standard InChI is InChI=1S/C23H15Br2P/c24-20-10-6-17(7-11-20)22-14-19(16-4-2-1-3-5-16)15-23(26-22)18-8-12-21(25)13-9-18/h1-15H. The predicted octanol–water partition coefficient (Wildman–Crippen LogP) is 8.79. The van der Waals surface area contributed by atoms with Gasteiger partial charge in [-0.2, -0.15) is 0 Å². The normalized spacial score (nSPS) is 10.7. The molecule has 0 spiro atoms. The minimum atomic E-state index is 1.10. The van der Waals surface area contributed by atoms with Gasteiger partial charge in [-0.1, -0.05) is 94.6 Å². The van der Waals surface area contributed by atoms with Crippen molar-refractivity contribution in [1.82, 2.24) is 0 Å². The quantitative estimate of drug-likeness (QED) is 0.274. The first-order valence-electron chi connectivity index (χ1n) is 8.28. The molecule has 0 radical (unpaired) electrons. The van der Waals surface area contributed by atoms with Crippen LogP contribution in [0.15, 0.2) is 99.9 Å². The SMILES string of the molecule is Brc1ccc(-c2cc(-c3ccccc3)cc(-c3ccc(Br)cc3)p2)cc1. The first-order chi connectivity index (χ1) is 12.7. The van der Waals surface area contributed by atoms with Crippen LogP contribution in [0.5, 0.6) is 0 Å². The lowest BCUT2D eigenvalue weighted by atomic mass is 10.0. The summed E-state index contributed by atoms with van der Waals surface area (Å²) in [6.07, 6.45) is 0. The maximum absolute atomic E-state index is 3.53. The smallest absolute Gasteiger partial charge is 0.0175 e. The Hall–Kier alpha value is -1.73. The van der Waals surface area contributed by atoms with E-state index in [1.165, 1.54) is 41.0 Å². The zero-order valence-electron chi connectivity index (χ0n) is 13.9. The molecule has 4 aromatic rings. The second kappa shape index (κ2) is 7.88. The molecule has 0 saturated heterocycles. The van der Waals surface area contributed by atoms with Crippen LogP contribution in [0.25, 0.3) is 32.8 Å². The van der Waals surface area contributed by atoms with Gasteiger partial charge >= 0.3 is 0 Å². The monoisotopic (exact) mass is 480 g/mol. The summed E-state index contributed by atoms with van der Waals surface area (Å²) in [5.41, 5.74) is 5.00. The Morgan fingerprint density at radius 2 is 0.923 bits per heavy atom. The Morgan fingerprint density at radius 1 is 0.462 bits per heavy atom. The lowest BCUT2D eigenvalue weighted by Gasteiger charge is -2.11. The lowest BCUT2D eigenvalue weighted by molar-refractivity contribution is 1.61. The molecule has 0 bridgehead atoms. The van der Waals surface area contributed by atoms with Crippen molar-refractivity contribution in [2.75, 3.05) is 0 Å². The third kappa shape index (κ3) is 3.99. The summed E-state index contributed by atoms with van der Waals surface area (Å²) < 4.78 is 2.20. The Kier molecular flexibility index (Phi) is 5.36. The Balaban J connectivity index is 1.89. The summed E-state index contributed by atoms with van der Waals surface area (Å²) in [5.74, 6) is 0. The fraction of sp³-hybridized carbons (Fsp3) is 0. The van der Waals surface area contributed by atoms with E-state index < -0.39 is 0 Å². The van der Waals surface area contributed by atoms with Gasteiger partial charge < -0.3 is 0 Å². The highest BCUT2D eigenvalue weighted by Gasteiger charge is 2.08. The van der Waals surface area contributed by atoms with Gasteiger partial charge in [0.2, 0.25) is 0 Å². The summed E-state index contributed by atoms with van der Waals surface area (Å²) >= 11 is 7.06. The molecule has 3 heteroatoms. The van der Waals surface area contributed by atoms with Gasteiger partial charge in [-0.15, -0.1) is 0 Å².